The van der Waals surface area contributed by atoms with Gasteiger partial charge < -0.3 is 9.05 Å². The highest BCUT2D eigenvalue weighted by Gasteiger charge is 2.17. The molecule has 0 aliphatic heterocycles. The third-order valence-electron chi connectivity index (χ3n) is 1.19. The van der Waals surface area contributed by atoms with Crippen LogP contribution in [0.25, 0.3) is 0 Å². The summed E-state index contributed by atoms with van der Waals surface area (Å²) in [4.78, 5) is 0. The molecule has 76 valence electrons. The van der Waals surface area contributed by atoms with Crippen molar-refractivity contribution in [2.45, 2.75) is 20.8 Å². The highest BCUT2D eigenvalue weighted by atomic mass is 31.2. The molecule has 0 N–H and O–H groups in total. The fraction of sp³-hybridized carbons (Fsp3) is 0.556. The molecule has 0 spiro atoms. The summed E-state index contributed by atoms with van der Waals surface area (Å²) in [5.41, 5.74) is 0. The zero-order valence-corrected chi connectivity index (χ0v) is 9.29. The van der Waals surface area contributed by atoms with Crippen molar-refractivity contribution >= 4 is 7.60 Å². The fourth-order valence-corrected chi connectivity index (χ4v) is 2.03. The van der Waals surface area contributed by atoms with Crippen molar-refractivity contribution in [3.05, 3.63) is 24.0 Å². The molecule has 0 aliphatic carbocycles. The van der Waals surface area contributed by atoms with Crippen molar-refractivity contribution in [2.24, 2.45) is 0 Å². The van der Waals surface area contributed by atoms with E-state index in [4.69, 9.17) is 9.05 Å². The molecule has 0 atom stereocenters. The van der Waals surface area contributed by atoms with Gasteiger partial charge in [0, 0.05) is 5.82 Å². The van der Waals surface area contributed by atoms with Gasteiger partial charge >= 0.3 is 7.60 Å². The topological polar surface area (TPSA) is 35.5 Å². The van der Waals surface area contributed by atoms with Gasteiger partial charge in [-0.05, 0) is 20.8 Å². The number of hydrogen-bond acceptors (Lipinski definition) is 3. The zero-order chi connectivity index (χ0) is 10.2. The van der Waals surface area contributed by atoms with Crippen molar-refractivity contribution < 1.29 is 13.6 Å². The molecule has 4 heteroatoms. The van der Waals surface area contributed by atoms with E-state index < -0.39 is 7.60 Å². The first-order valence-electron chi connectivity index (χ1n) is 4.37. The van der Waals surface area contributed by atoms with Crippen LogP contribution in [0, 0.1) is 0 Å². The van der Waals surface area contributed by atoms with Crippen LogP contribution in [0.1, 0.15) is 20.8 Å². The van der Waals surface area contributed by atoms with Crippen LogP contribution in [0.5, 0.6) is 0 Å². The average molecular weight is 204 g/mol. The summed E-state index contributed by atoms with van der Waals surface area (Å²) in [6.07, 6.45) is 5.30. The third kappa shape index (κ3) is 5.81. The Bertz CT molecular complexity index is 211. The Morgan fingerprint density at radius 1 is 1.15 bits per heavy atom. The van der Waals surface area contributed by atoms with E-state index in [2.05, 4.69) is 0 Å². The van der Waals surface area contributed by atoms with Gasteiger partial charge in [-0.15, -0.1) is 0 Å². The second-order valence-electron chi connectivity index (χ2n) is 2.24. The van der Waals surface area contributed by atoms with E-state index in [-0.39, 0.29) is 0 Å². The third-order valence-corrected chi connectivity index (χ3v) is 2.96. The highest BCUT2D eigenvalue weighted by Crippen LogP contribution is 2.49. The van der Waals surface area contributed by atoms with Crippen LogP contribution in [0.4, 0.5) is 0 Å². The summed E-state index contributed by atoms with van der Waals surface area (Å²) in [5, 5.41) is 0. The Kier molecular flexibility index (Phi) is 6.87. The van der Waals surface area contributed by atoms with Gasteiger partial charge in [-0.3, -0.25) is 4.57 Å². The molecule has 0 aromatic carbocycles. The second kappa shape index (κ2) is 7.07. The second-order valence-corrected chi connectivity index (χ2v) is 4.14. The molecule has 3 nitrogen and oxygen atoms in total. The van der Waals surface area contributed by atoms with Crippen molar-refractivity contribution in [1.29, 1.82) is 0 Å². The lowest BCUT2D eigenvalue weighted by molar-refractivity contribution is 0.229. The minimum atomic E-state index is -2.98. The number of allylic oxidation sites excluding steroid dienone is 3. The Balaban J connectivity index is 4.31. The van der Waals surface area contributed by atoms with E-state index in [9.17, 15) is 4.57 Å². The largest absolute Gasteiger partial charge is 0.354 e. The van der Waals surface area contributed by atoms with E-state index in [0.29, 0.717) is 13.2 Å². The van der Waals surface area contributed by atoms with E-state index in [1.165, 1.54) is 5.82 Å². The summed E-state index contributed by atoms with van der Waals surface area (Å²) < 4.78 is 21.8. The summed E-state index contributed by atoms with van der Waals surface area (Å²) in [5.74, 6) is 1.47. The molecule has 0 rings (SSSR count). The lowest BCUT2D eigenvalue weighted by atomic mass is 10.5. The van der Waals surface area contributed by atoms with Crippen molar-refractivity contribution in [2.75, 3.05) is 13.2 Å². The molecule has 0 saturated heterocycles. The van der Waals surface area contributed by atoms with Gasteiger partial charge in [-0.1, -0.05) is 18.2 Å². The van der Waals surface area contributed by atoms with Gasteiger partial charge in [-0.25, -0.2) is 0 Å². The summed E-state index contributed by atoms with van der Waals surface area (Å²) in [7, 11) is -2.98. The average Bonchev–Trinajstić information content (AvgIpc) is 2.05. The van der Waals surface area contributed by atoms with Gasteiger partial charge in [0.15, 0.2) is 0 Å². The Hall–Kier alpha value is -0.370. The first-order valence-corrected chi connectivity index (χ1v) is 5.99. The lowest BCUT2D eigenvalue weighted by Gasteiger charge is -2.11. The fourth-order valence-electron chi connectivity index (χ4n) is 0.749. The van der Waals surface area contributed by atoms with Crippen LogP contribution in [-0.2, 0) is 13.6 Å². The monoisotopic (exact) mass is 204 g/mol. The van der Waals surface area contributed by atoms with Crippen LogP contribution in [0.3, 0.4) is 0 Å². The molecular formula is C9H17O3P. The molecule has 0 aromatic heterocycles. The van der Waals surface area contributed by atoms with Gasteiger partial charge in [0.1, 0.15) is 0 Å². The lowest BCUT2D eigenvalue weighted by Crippen LogP contribution is -1.92. The summed E-state index contributed by atoms with van der Waals surface area (Å²) in [6.45, 7) is 6.23. The first-order chi connectivity index (χ1) is 6.18. The maximum absolute atomic E-state index is 11.7. The van der Waals surface area contributed by atoms with E-state index >= 15 is 0 Å². The summed E-state index contributed by atoms with van der Waals surface area (Å²) in [6, 6.07) is 0. The van der Waals surface area contributed by atoms with Gasteiger partial charge in [-0.2, -0.15) is 0 Å². The van der Waals surface area contributed by atoms with Crippen LogP contribution >= 0.6 is 7.60 Å². The number of rotatable bonds is 6. The minimum Gasteiger partial charge on any atom is -0.306 e. The molecule has 0 aromatic rings. The smallest absolute Gasteiger partial charge is 0.306 e. The molecule has 0 aliphatic rings. The zero-order valence-electron chi connectivity index (χ0n) is 8.40. The predicted octanol–water partition coefficient (Wildman–Crippen LogP) is 3.34. The maximum atomic E-state index is 11.7. The standard InChI is InChI=1S/C9H17O3P/c1-4-7-8-9-13(10,11-5-2)12-6-3/h4,7-9H,5-6H2,1-3H3/b7-4+,9-8+. The van der Waals surface area contributed by atoms with E-state index in [1.54, 1.807) is 26.0 Å². The molecule has 0 radical (unpaired) electrons. The SMILES string of the molecule is C/C=C/C=C/P(=O)(OCC)OCC. The Morgan fingerprint density at radius 2 is 1.69 bits per heavy atom. The molecule has 0 heterocycles. The molecule has 0 unspecified atom stereocenters. The quantitative estimate of drug-likeness (QED) is 0.491. The maximum Gasteiger partial charge on any atom is 0.354 e. The van der Waals surface area contributed by atoms with Crippen LogP contribution in [0.2, 0.25) is 0 Å². The predicted molar refractivity (Wildman–Crippen MR) is 54.8 cm³/mol. The number of hydrogen-bond donors (Lipinski definition) is 0. The van der Waals surface area contributed by atoms with Crippen molar-refractivity contribution in [1.82, 2.24) is 0 Å². The molecule has 0 saturated carbocycles. The molecule has 0 fully saturated rings. The van der Waals surface area contributed by atoms with Gasteiger partial charge in [0.2, 0.25) is 0 Å². The molecule has 0 bridgehead atoms. The van der Waals surface area contributed by atoms with Crippen LogP contribution in [0.15, 0.2) is 24.0 Å². The van der Waals surface area contributed by atoms with Crippen molar-refractivity contribution in [3.63, 3.8) is 0 Å². The minimum absolute atomic E-state index is 0.386. The first kappa shape index (κ1) is 12.6. The highest BCUT2D eigenvalue weighted by molar-refractivity contribution is 7.57. The van der Waals surface area contributed by atoms with Crippen LogP contribution in [-0.4, -0.2) is 13.2 Å². The Labute approximate surface area is 80.0 Å². The van der Waals surface area contributed by atoms with E-state index in [0.717, 1.165) is 0 Å². The van der Waals surface area contributed by atoms with Crippen LogP contribution < -0.4 is 0 Å². The van der Waals surface area contributed by atoms with E-state index in [1.807, 2.05) is 13.0 Å². The van der Waals surface area contributed by atoms with Gasteiger partial charge in [0.05, 0.1) is 13.2 Å². The molecule has 0 amide bonds. The van der Waals surface area contributed by atoms with Crippen molar-refractivity contribution in [3.8, 4) is 0 Å². The molecular weight excluding hydrogens is 187 g/mol. The Morgan fingerprint density at radius 3 is 2.08 bits per heavy atom. The van der Waals surface area contributed by atoms with Gasteiger partial charge in [0.25, 0.3) is 0 Å². The molecule has 13 heavy (non-hydrogen) atoms. The summed E-state index contributed by atoms with van der Waals surface area (Å²) >= 11 is 0. The normalized spacial score (nSPS) is 13.2.